The van der Waals surface area contributed by atoms with E-state index in [4.69, 9.17) is 0 Å². The molecule has 0 radical (unpaired) electrons. The molecule has 6 heteroatoms. The highest BCUT2D eigenvalue weighted by molar-refractivity contribution is 7.14. The van der Waals surface area contributed by atoms with Crippen molar-refractivity contribution in [2.45, 2.75) is 6.42 Å². The summed E-state index contributed by atoms with van der Waals surface area (Å²) >= 11 is 3.14. The molecule has 0 bridgehead atoms. The van der Waals surface area contributed by atoms with Gasteiger partial charge < -0.3 is 5.32 Å². The van der Waals surface area contributed by atoms with Crippen molar-refractivity contribution >= 4 is 34.3 Å². The Bertz CT molecular complexity index is 735. The second kappa shape index (κ2) is 6.15. The van der Waals surface area contributed by atoms with E-state index in [1.807, 2.05) is 22.2 Å². The summed E-state index contributed by atoms with van der Waals surface area (Å²) in [7, 11) is 0. The summed E-state index contributed by atoms with van der Waals surface area (Å²) in [5, 5.41) is 9.55. The van der Waals surface area contributed by atoms with E-state index in [2.05, 4.69) is 10.3 Å². The van der Waals surface area contributed by atoms with Crippen LogP contribution >= 0.6 is 22.7 Å². The fourth-order valence-electron chi connectivity index (χ4n) is 1.81. The minimum atomic E-state index is -0.326. The zero-order valence-corrected chi connectivity index (χ0v) is 12.5. The van der Waals surface area contributed by atoms with Crippen molar-refractivity contribution in [2.24, 2.45) is 0 Å². The quantitative estimate of drug-likeness (QED) is 0.783. The largest absolute Gasteiger partial charge is 0.326 e. The number of carbonyl (C=O) groups excluding carboxylic acids is 1. The van der Waals surface area contributed by atoms with Crippen LogP contribution in [-0.4, -0.2) is 10.9 Å². The van der Waals surface area contributed by atoms with Crippen molar-refractivity contribution in [3.05, 3.63) is 58.0 Å². The first-order valence-corrected chi connectivity index (χ1v) is 8.05. The zero-order valence-electron chi connectivity index (χ0n) is 10.9. The van der Waals surface area contributed by atoms with Crippen LogP contribution < -0.4 is 5.32 Å². The van der Waals surface area contributed by atoms with Gasteiger partial charge in [0.25, 0.3) is 0 Å². The van der Waals surface area contributed by atoms with Crippen LogP contribution in [0.4, 0.5) is 10.1 Å². The Labute approximate surface area is 129 Å². The highest BCUT2D eigenvalue weighted by Gasteiger charge is 2.09. The first-order valence-electron chi connectivity index (χ1n) is 6.23. The van der Waals surface area contributed by atoms with Gasteiger partial charge in [0.1, 0.15) is 10.8 Å². The summed E-state index contributed by atoms with van der Waals surface area (Å²) in [5.41, 5.74) is 2.39. The zero-order chi connectivity index (χ0) is 14.7. The maximum absolute atomic E-state index is 12.8. The van der Waals surface area contributed by atoms with Gasteiger partial charge in [0.15, 0.2) is 0 Å². The molecule has 0 atom stereocenters. The Balaban J connectivity index is 1.64. The Kier molecular flexibility index (Phi) is 4.08. The lowest BCUT2D eigenvalue weighted by Gasteiger charge is -2.03. The number of nitrogens with one attached hydrogen (secondary N) is 1. The van der Waals surface area contributed by atoms with Crippen LogP contribution in [-0.2, 0) is 11.2 Å². The van der Waals surface area contributed by atoms with Crippen LogP contribution in [0.3, 0.4) is 0 Å². The molecule has 21 heavy (non-hydrogen) atoms. The summed E-state index contributed by atoms with van der Waals surface area (Å²) < 4.78 is 12.8. The van der Waals surface area contributed by atoms with Crippen LogP contribution in [0.15, 0.2) is 46.5 Å². The number of aromatic nitrogens is 1. The number of amides is 1. The lowest BCUT2D eigenvalue weighted by molar-refractivity contribution is -0.115. The number of benzene rings is 1. The first-order chi connectivity index (χ1) is 10.2. The van der Waals surface area contributed by atoms with Crippen molar-refractivity contribution < 1.29 is 9.18 Å². The van der Waals surface area contributed by atoms with Gasteiger partial charge in [-0.1, -0.05) is 0 Å². The number of rotatable bonds is 4. The lowest BCUT2D eigenvalue weighted by atomic mass is 10.2. The fraction of sp³-hybridized carbons (Fsp3) is 0.0667. The maximum atomic E-state index is 12.8. The molecule has 0 aliphatic rings. The molecule has 0 aliphatic carbocycles. The van der Waals surface area contributed by atoms with Gasteiger partial charge in [-0.15, -0.1) is 11.3 Å². The van der Waals surface area contributed by atoms with Gasteiger partial charge in [0.05, 0.1) is 12.1 Å². The second-order valence-electron chi connectivity index (χ2n) is 4.39. The number of hydrogen-bond donors (Lipinski definition) is 1. The third-order valence-corrected chi connectivity index (χ3v) is 4.41. The molecule has 0 fully saturated rings. The molecule has 1 amide bonds. The molecule has 3 rings (SSSR count). The summed E-state index contributed by atoms with van der Waals surface area (Å²) in [6.07, 6.45) is 0.206. The van der Waals surface area contributed by atoms with E-state index in [1.54, 1.807) is 11.3 Å². The highest BCUT2D eigenvalue weighted by atomic mass is 32.1. The standard InChI is InChI=1S/C15H11FN2OS2/c16-11-1-3-12(4-2-11)17-14(19)7-13-9-21-15(18-13)10-5-6-20-8-10/h1-6,8-9H,7H2,(H,17,19). The first kappa shape index (κ1) is 13.9. The van der Waals surface area contributed by atoms with Crippen molar-refractivity contribution in [3.8, 4) is 10.6 Å². The number of anilines is 1. The molecule has 0 unspecified atom stereocenters. The number of halogens is 1. The van der Waals surface area contributed by atoms with E-state index in [9.17, 15) is 9.18 Å². The van der Waals surface area contributed by atoms with E-state index >= 15 is 0 Å². The monoisotopic (exact) mass is 318 g/mol. The molecule has 0 saturated carbocycles. The van der Waals surface area contributed by atoms with Crippen LogP contribution in [0.25, 0.3) is 10.6 Å². The highest BCUT2D eigenvalue weighted by Crippen LogP contribution is 2.25. The van der Waals surface area contributed by atoms with Gasteiger partial charge >= 0.3 is 0 Å². The second-order valence-corrected chi connectivity index (χ2v) is 6.03. The van der Waals surface area contributed by atoms with E-state index in [0.29, 0.717) is 5.69 Å². The smallest absolute Gasteiger partial charge is 0.230 e. The van der Waals surface area contributed by atoms with Gasteiger partial charge in [0, 0.05) is 22.0 Å². The van der Waals surface area contributed by atoms with Crippen LogP contribution in [0.2, 0.25) is 0 Å². The Morgan fingerprint density at radius 1 is 1.19 bits per heavy atom. The van der Waals surface area contributed by atoms with Crippen LogP contribution in [0.5, 0.6) is 0 Å². The summed E-state index contributed by atoms with van der Waals surface area (Å²) in [6, 6.07) is 7.70. The molecule has 0 spiro atoms. The molecule has 1 N–H and O–H groups in total. The van der Waals surface area contributed by atoms with E-state index in [1.165, 1.54) is 35.6 Å². The summed E-state index contributed by atoms with van der Waals surface area (Å²) in [5.74, 6) is -0.489. The van der Waals surface area contributed by atoms with Gasteiger partial charge in [-0.3, -0.25) is 4.79 Å². The van der Waals surface area contributed by atoms with E-state index < -0.39 is 0 Å². The van der Waals surface area contributed by atoms with Crippen molar-refractivity contribution in [3.63, 3.8) is 0 Å². The molecule has 106 valence electrons. The number of thiazole rings is 1. The molecule has 2 heterocycles. The molecule has 3 nitrogen and oxygen atoms in total. The molecule has 3 aromatic rings. The number of carbonyl (C=O) groups is 1. The number of hydrogen-bond acceptors (Lipinski definition) is 4. The molecular formula is C15H11FN2OS2. The topological polar surface area (TPSA) is 42.0 Å². The van der Waals surface area contributed by atoms with Gasteiger partial charge in [-0.2, -0.15) is 11.3 Å². The Morgan fingerprint density at radius 2 is 2.00 bits per heavy atom. The maximum Gasteiger partial charge on any atom is 0.230 e. The predicted molar refractivity (Wildman–Crippen MR) is 84.2 cm³/mol. The van der Waals surface area contributed by atoms with Crippen molar-refractivity contribution in [1.29, 1.82) is 0 Å². The van der Waals surface area contributed by atoms with Gasteiger partial charge in [0.2, 0.25) is 5.91 Å². The van der Waals surface area contributed by atoms with Crippen molar-refractivity contribution in [2.75, 3.05) is 5.32 Å². The van der Waals surface area contributed by atoms with Crippen LogP contribution in [0, 0.1) is 5.82 Å². The predicted octanol–water partition coefficient (Wildman–Crippen LogP) is 4.19. The van der Waals surface area contributed by atoms with Gasteiger partial charge in [-0.05, 0) is 35.7 Å². The van der Waals surface area contributed by atoms with E-state index in [-0.39, 0.29) is 18.1 Å². The SMILES string of the molecule is O=C(Cc1csc(-c2ccsc2)n1)Nc1ccc(F)cc1. The average molecular weight is 318 g/mol. The third kappa shape index (κ3) is 3.53. The fourth-order valence-corrected chi connectivity index (χ4v) is 3.34. The molecule has 1 aromatic carbocycles. The normalized spacial score (nSPS) is 10.5. The summed E-state index contributed by atoms with van der Waals surface area (Å²) in [4.78, 5) is 16.4. The molecule has 2 aromatic heterocycles. The molecule has 0 aliphatic heterocycles. The minimum absolute atomic E-state index is 0.163. The molecular weight excluding hydrogens is 307 g/mol. The van der Waals surface area contributed by atoms with Crippen LogP contribution in [0.1, 0.15) is 5.69 Å². The third-order valence-electron chi connectivity index (χ3n) is 2.79. The Morgan fingerprint density at radius 3 is 2.71 bits per heavy atom. The average Bonchev–Trinajstić information content (AvgIpc) is 3.12. The van der Waals surface area contributed by atoms with Gasteiger partial charge in [-0.25, -0.2) is 9.37 Å². The lowest BCUT2D eigenvalue weighted by Crippen LogP contribution is -2.14. The number of thiophene rings is 1. The van der Waals surface area contributed by atoms with Crippen molar-refractivity contribution in [1.82, 2.24) is 4.98 Å². The number of nitrogens with zero attached hydrogens (tertiary/aromatic N) is 1. The Hall–Kier alpha value is -2.05. The van der Waals surface area contributed by atoms with E-state index in [0.717, 1.165) is 16.3 Å². The summed E-state index contributed by atoms with van der Waals surface area (Å²) in [6.45, 7) is 0. The molecule has 0 saturated heterocycles. The minimum Gasteiger partial charge on any atom is -0.326 e.